The van der Waals surface area contributed by atoms with Gasteiger partial charge in [0.15, 0.2) is 0 Å². The second-order valence-corrected chi connectivity index (χ2v) is 9.26. The molecule has 1 aromatic heterocycles. The Labute approximate surface area is 215 Å². The number of aromatic nitrogens is 2. The monoisotopic (exact) mass is 502 g/mol. The van der Waals surface area contributed by atoms with Crippen molar-refractivity contribution in [2.45, 2.75) is 13.0 Å². The molecule has 2 heterocycles. The summed E-state index contributed by atoms with van der Waals surface area (Å²) in [6.45, 7) is 3.89. The van der Waals surface area contributed by atoms with Crippen LogP contribution in [0.3, 0.4) is 0 Å². The predicted molar refractivity (Wildman–Crippen MR) is 139 cm³/mol. The molecule has 1 saturated heterocycles. The fraction of sp³-hybridized carbons (Fsp3) is 0.250. The number of benzene rings is 3. The number of piperazine rings is 1. The summed E-state index contributed by atoms with van der Waals surface area (Å²) >= 11 is 6.08. The van der Waals surface area contributed by atoms with E-state index in [0.717, 1.165) is 60.7 Å². The summed E-state index contributed by atoms with van der Waals surface area (Å²) in [4.78, 5) is 21.7. The predicted octanol–water partition coefficient (Wildman–Crippen LogP) is 4.95. The van der Waals surface area contributed by atoms with Crippen LogP contribution in [0, 0.1) is 0 Å². The van der Waals surface area contributed by atoms with Crippen LogP contribution in [0.15, 0.2) is 77.3 Å². The van der Waals surface area contributed by atoms with E-state index in [1.807, 2.05) is 59.5 Å². The van der Waals surface area contributed by atoms with E-state index >= 15 is 0 Å². The lowest BCUT2D eigenvalue weighted by molar-refractivity contribution is -0.132. The number of nitrogens with zero attached hydrogens (tertiary/aromatic N) is 4. The number of carbonyl (C=O) groups excluding carboxylic acids is 1. The molecule has 1 aliphatic heterocycles. The average molecular weight is 503 g/mol. The molecule has 184 valence electrons. The van der Waals surface area contributed by atoms with Gasteiger partial charge in [-0.05, 0) is 47.5 Å². The van der Waals surface area contributed by atoms with Gasteiger partial charge in [0.25, 0.3) is 5.89 Å². The first-order chi connectivity index (χ1) is 17.6. The molecule has 0 atom stereocenters. The van der Waals surface area contributed by atoms with E-state index in [0.29, 0.717) is 23.2 Å². The molecule has 8 heteroatoms. The maximum Gasteiger partial charge on any atom is 0.258 e. The van der Waals surface area contributed by atoms with Crippen LogP contribution in [0.4, 0.5) is 0 Å². The van der Waals surface area contributed by atoms with Gasteiger partial charge in [-0.3, -0.25) is 9.69 Å². The number of rotatable bonds is 7. The summed E-state index contributed by atoms with van der Waals surface area (Å²) < 4.78 is 10.7. The minimum atomic E-state index is 0.150. The third-order valence-corrected chi connectivity index (χ3v) is 6.54. The summed E-state index contributed by atoms with van der Waals surface area (Å²) in [5, 5.41) is 4.78. The van der Waals surface area contributed by atoms with Crippen molar-refractivity contribution in [3.63, 3.8) is 0 Å². The normalized spacial score (nSPS) is 14.1. The zero-order valence-electron chi connectivity index (χ0n) is 20.1. The van der Waals surface area contributed by atoms with Crippen molar-refractivity contribution in [2.24, 2.45) is 0 Å². The Bertz CT molecular complexity index is 1350. The number of carbonyl (C=O) groups is 1. The van der Waals surface area contributed by atoms with Gasteiger partial charge in [-0.15, -0.1) is 0 Å². The number of amides is 1. The fourth-order valence-electron chi connectivity index (χ4n) is 4.37. The number of halogens is 1. The van der Waals surface area contributed by atoms with Crippen molar-refractivity contribution in [3.8, 4) is 28.6 Å². The van der Waals surface area contributed by atoms with E-state index in [-0.39, 0.29) is 5.91 Å². The summed E-state index contributed by atoms with van der Waals surface area (Å²) in [6, 6.07) is 23.2. The molecule has 0 radical (unpaired) electrons. The van der Waals surface area contributed by atoms with Crippen molar-refractivity contribution in [2.75, 3.05) is 33.3 Å². The molecule has 0 unspecified atom stereocenters. The van der Waals surface area contributed by atoms with Crippen LogP contribution in [0.5, 0.6) is 5.75 Å². The zero-order valence-corrected chi connectivity index (χ0v) is 20.8. The number of ether oxygens (including phenoxy) is 1. The van der Waals surface area contributed by atoms with Gasteiger partial charge < -0.3 is 14.2 Å². The molecule has 1 fully saturated rings. The molecule has 0 saturated carbocycles. The fourth-order valence-corrected chi connectivity index (χ4v) is 4.56. The van der Waals surface area contributed by atoms with Gasteiger partial charge in [-0.2, -0.15) is 4.98 Å². The summed E-state index contributed by atoms with van der Waals surface area (Å²) in [5.74, 6) is 1.90. The van der Waals surface area contributed by atoms with Gasteiger partial charge in [-0.1, -0.05) is 53.2 Å². The quantitative estimate of drug-likeness (QED) is 0.356. The molecule has 1 aliphatic rings. The van der Waals surface area contributed by atoms with Crippen molar-refractivity contribution in [1.29, 1.82) is 0 Å². The third kappa shape index (κ3) is 5.75. The van der Waals surface area contributed by atoms with Crippen LogP contribution in [-0.4, -0.2) is 59.1 Å². The lowest BCUT2D eigenvalue weighted by atomic mass is 10.1. The SMILES string of the molecule is COc1cccc(CC(=O)N2CCN(Cc3cccc(-c4noc(-c5cccc(Cl)c5)n4)c3)CC2)c1. The Morgan fingerprint density at radius 2 is 1.69 bits per heavy atom. The van der Waals surface area contributed by atoms with Gasteiger partial charge in [0.1, 0.15) is 5.75 Å². The minimum absolute atomic E-state index is 0.150. The molecule has 1 amide bonds. The van der Waals surface area contributed by atoms with E-state index in [9.17, 15) is 4.79 Å². The summed E-state index contributed by atoms with van der Waals surface area (Å²) in [6.07, 6.45) is 0.390. The van der Waals surface area contributed by atoms with Crippen LogP contribution < -0.4 is 4.74 Å². The molecule has 0 aliphatic carbocycles. The van der Waals surface area contributed by atoms with E-state index < -0.39 is 0 Å². The first-order valence-electron chi connectivity index (χ1n) is 11.9. The van der Waals surface area contributed by atoms with Crippen LogP contribution in [0.2, 0.25) is 5.02 Å². The largest absolute Gasteiger partial charge is 0.497 e. The lowest BCUT2D eigenvalue weighted by Crippen LogP contribution is -2.48. The number of hydrogen-bond donors (Lipinski definition) is 0. The maximum atomic E-state index is 12.8. The molecule has 0 bridgehead atoms. The van der Waals surface area contributed by atoms with Crippen molar-refractivity contribution in [3.05, 3.63) is 88.9 Å². The standard InChI is InChI=1S/C28H27ClN4O3/c1-35-25-10-3-5-20(16-25)17-26(34)33-13-11-32(12-14-33)19-21-6-2-7-22(15-21)27-30-28(36-31-27)23-8-4-9-24(29)18-23/h2-10,15-16,18H,11-14,17,19H2,1H3. The van der Waals surface area contributed by atoms with Crippen molar-refractivity contribution < 1.29 is 14.1 Å². The third-order valence-electron chi connectivity index (χ3n) is 6.30. The Balaban J connectivity index is 1.17. The van der Waals surface area contributed by atoms with Gasteiger partial charge >= 0.3 is 0 Å². The van der Waals surface area contributed by atoms with Crippen molar-refractivity contribution in [1.82, 2.24) is 19.9 Å². The highest BCUT2D eigenvalue weighted by molar-refractivity contribution is 6.30. The lowest BCUT2D eigenvalue weighted by Gasteiger charge is -2.35. The van der Waals surface area contributed by atoms with Crippen LogP contribution in [-0.2, 0) is 17.8 Å². The van der Waals surface area contributed by atoms with Crippen LogP contribution in [0.1, 0.15) is 11.1 Å². The highest BCUT2D eigenvalue weighted by Gasteiger charge is 2.21. The maximum absolute atomic E-state index is 12.8. The highest BCUT2D eigenvalue weighted by Crippen LogP contribution is 2.25. The average Bonchev–Trinajstić information content (AvgIpc) is 3.40. The molecule has 5 rings (SSSR count). The second kappa shape index (κ2) is 10.9. The highest BCUT2D eigenvalue weighted by atomic mass is 35.5. The Morgan fingerprint density at radius 3 is 2.50 bits per heavy atom. The number of methoxy groups -OCH3 is 1. The van der Waals surface area contributed by atoms with Gasteiger partial charge in [0, 0.05) is 48.9 Å². The van der Waals surface area contributed by atoms with E-state index in [2.05, 4.69) is 27.2 Å². The van der Waals surface area contributed by atoms with E-state index in [4.69, 9.17) is 20.9 Å². The second-order valence-electron chi connectivity index (χ2n) is 8.82. The molecule has 0 spiro atoms. The summed E-state index contributed by atoms with van der Waals surface area (Å²) in [7, 11) is 1.64. The smallest absolute Gasteiger partial charge is 0.258 e. The summed E-state index contributed by atoms with van der Waals surface area (Å²) in [5.41, 5.74) is 3.82. The molecule has 4 aromatic rings. The zero-order chi connectivity index (χ0) is 24.9. The van der Waals surface area contributed by atoms with Gasteiger partial charge in [0.05, 0.1) is 13.5 Å². The molecule has 7 nitrogen and oxygen atoms in total. The Morgan fingerprint density at radius 1 is 0.944 bits per heavy atom. The van der Waals surface area contributed by atoms with Crippen molar-refractivity contribution >= 4 is 17.5 Å². The van der Waals surface area contributed by atoms with Gasteiger partial charge in [0.2, 0.25) is 11.7 Å². The molecule has 0 N–H and O–H groups in total. The van der Waals surface area contributed by atoms with E-state index in [1.165, 1.54) is 0 Å². The molecular weight excluding hydrogens is 476 g/mol. The molecule has 3 aromatic carbocycles. The minimum Gasteiger partial charge on any atom is -0.497 e. The Kier molecular flexibility index (Phi) is 7.30. The topological polar surface area (TPSA) is 71.7 Å². The van der Waals surface area contributed by atoms with Gasteiger partial charge in [-0.25, -0.2) is 0 Å². The first-order valence-corrected chi connectivity index (χ1v) is 12.3. The van der Waals surface area contributed by atoms with Crippen LogP contribution >= 0.6 is 11.6 Å². The van der Waals surface area contributed by atoms with Crippen LogP contribution in [0.25, 0.3) is 22.8 Å². The molecular formula is C28H27ClN4O3. The Hall–Kier alpha value is -3.68. The van der Waals surface area contributed by atoms with E-state index in [1.54, 1.807) is 13.2 Å². The number of hydrogen-bond acceptors (Lipinski definition) is 6. The molecule has 36 heavy (non-hydrogen) atoms. The first kappa shape index (κ1) is 24.0.